The average molecular weight is 425 g/mol. The number of aromatic carboxylic acids is 1. The van der Waals surface area contributed by atoms with Crippen molar-refractivity contribution in [2.75, 3.05) is 61.7 Å². The van der Waals surface area contributed by atoms with E-state index in [1.54, 1.807) is 6.07 Å². The molecule has 3 rings (SSSR count). The summed E-state index contributed by atoms with van der Waals surface area (Å²) in [6, 6.07) is 4.69. The van der Waals surface area contributed by atoms with Crippen LogP contribution < -0.4 is 9.62 Å². The van der Waals surface area contributed by atoms with E-state index in [0.29, 0.717) is 32.7 Å². The van der Waals surface area contributed by atoms with Crippen molar-refractivity contribution in [2.45, 2.75) is 19.3 Å². The highest BCUT2D eigenvalue weighted by molar-refractivity contribution is 7.92. The van der Waals surface area contributed by atoms with Gasteiger partial charge in [0, 0.05) is 45.0 Å². The van der Waals surface area contributed by atoms with Gasteiger partial charge in [0.1, 0.15) is 0 Å². The number of likely N-dealkylation sites (tertiary alicyclic amines) is 1. The van der Waals surface area contributed by atoms with E-state index in [4.69, 9.17) is 0 Å². The molecule has 0 aromatic heterocycles. The highest BCUT2D eigenvalue weighted by Gasteiger charge is 2.24. The number of hydrogen-bond donors (Lipinski definition) is 2. The van der Waals surface area contributed by atoms with E-state index >= 15 is 0 Å². The van der Waals surface area contributed by atoms with Crippen LogP contribution in [0.4, 0.5) is 11.4 Å². The lowest BCUT2D eigenvalue weighted by molar-refractivity contribution is -0.133. The number of hydrogen-bond acceptors (Lipinski definition) is 6. The minimum absolute atomic E-state index is 0.0505. The van der Waals surface area contributed by atoms with E-state index in [0.717, 1.165) is 37.9 Å². The third-order valence-corrected chi connectivity index (χ3v) is 5.92. The van der Waals surface area contributed by atoms with Gasteiger partial charge in [-0.3, -0.25) is 14.4 Å². The Morgan fingerprint density at radius 2 is 1.69 bits per heavy atom. The van der Waals surface area contributed by atoms with E-state index in [1.807, 2.05) is 4.90 Å². The fourth-order valence-electron chi connectivity index (χ4n) is 3.79. The number of carboxylic acids is 1. The van der Waals surface area contributed by atoms with Crippen molar-refractivity contribution in [3.8, 4) is 0 Å². The number of anilines is 2. The minimum atomic E-state index is -3.57. The van der Waals surface area contributed by atoms with Gasteiger partial charge in [0.05, 0.1) is 24.1 Å². The Kier molecular flexibility index (Phi) is 6.63. The zero-order valence-electron chi connectivity index (χ0n) is 16.6. The maximum absolute atomic E-state index is 12.4. The fraction of sp³-hybridized carbons (Fsp3) is 0.579. The lowest BCUT2D eigenvalue weighted by atomic mass is 10.1. The molecule has 2 fully saturated rings. The van der Waals surface area contributed by atoms with Crippen LogP contribution in [0.15, 0.2) is 18.2 Å². The predicted octanol–water partition coefficient (Wildman–Crippen LogP) is 0.891. The van der Waals surface area contributed by atoms with Crippen LogP contribution in [0.3, 0.4) is 0 Å². The normalized spacial score (nSPS) is 18.5. The van der Waals surface area contributed by atoms with Gasteiger partial charge in [-0.15, -0.1) is 0 Å². The summed E-state index contributed by atoms with van der Waals surface area (Å²) in [4.78, 5) is 30.1. The first-order valence-electron chi connectivity index (χ1n) is 9.83. The largest absolute Gasteiger partial charge is 0.478 e. The van der Waals surface area contributed by atoms with Gasteiger partial charge in [-0.05, 0) is 37.5 Å². The molecule has 2 aliphatic heterocycles. The summed E-state index contributed by atoms with van der Waals surface area (Å²) < 4.78 is 25.1. The highest BCUT2D eigenvalue weighted by Crippen LogP contribution is 2.25. The molecule has 0 atom stereocenters. The second kappa shape index (κ2) is 9.00. The third kappa shape index (κ3) is 5.83. The van der Waals surface area contributed by atoms with Gasteiger partial charge in [0.15, 0.2) is 0 Å². The standard InChI is InChI=1S/C19H28N4O5S/c1-29(27,28)20-17-6-5-15(13-16(17)19(25)26)22-11-9-21(10-12-22)14-18(24)23-7-3-2-4-8-23/h5-6,13,20H,2-4,7-12,14H2,1H3,(H,25,26). The number of carbonyl (C=O) groups is 2. The zero-order valence-corrected chi connectivity index (χ0v) is 17.4. The molecule has 2 N–H and O–H groups in total. The Hall–Kier alpha value is -2.33. The Bertz CT molecular complexity index is 859. The second-order valence-corrected chi connectivity index (χ2v) is 9.36. The van der Waals surface area contributed by atoms with Crippen molar-refractivity contribution >= 4 is 33.3 Å². The zero-order chi connectivity index (χ0) is 21.0. The molecule has 0 radical (unpaired) electrons. The molecule has 0 saturated carbocycles. The Morgan fingerprint density at radius 3 is 2.28 bits per heavy atom. The molecule has 1 aromatic rings. The Morgan fingerprint density at radius 1 is 1.03 bits per heavy atom. The van der Waals surface area contributed by atoms with Gasteiger partial charge < -0.3 is 14.9 Å². The summed E-state index contributed by atoms with van der Waals surface area (Å²) in [6.45, 7) is 4.90. The van der Waals surface area contributed by atoms with Crippen molar-refractivity contribution in [2.24, 2.45) is 0 Å². The number of nitrogens with one attached hydrogen (secondary N) is 1. The van der Waals surface area contributed by atoms with E-state index in [2.05, 4.69) is 14.5 Å². The van der Waals surface area contributed by atoms with Gasteiger partial charge in [0.2, 0.25) is 15.9 Å². The van der Waals surface area contributed by atoms with Gasteiger partial charge in [-0.25, -0.2) is 13.2 Å². The summed E-state index contributed by atoms with van der Waals surface area (Å²) in [5.41, 5.74) is 0.689. The van der Waals surface area contributed by atoms with Crippen molar-refractivity contribution in [3.63, 3.8) is 0 Å². The number of amides is 1. The molecule has 1 amide bonds. The number of carbonyl (C=O) groups excluding carboxylic acids is 1. The molecular formula is C19H28N4O5S. The van der Waals surface area contributed by atoms with Crippen LogP contribution in [0.2, 0.25) is 0 Å². The van der Waals surface area contributed by atoms with E-state index in [-0.39, 0.29) is 17.2 Å². The van der Waals surface area contributed by atoms with Gasteiger partial charge in [0.25, 0.3) is 0 Å². The summed E-state index contributed by atoms with van der Waals surface area (Å²) in [7, 11) is -3.57. The molecule has 1 aromatic carbocycles. The quantitative estimate of drug-likeness (QED) is 0.698. The Labute approximate surface area is 171 Å². The monoisotopic (exact) mass is 424 g/mol. The molecule has 0 bridgehead atoms. The maximum atomic E-state index is 12.4. The maximum Gasteiger partial charge on any atom is 0.337 e. The highest BCUT2D eigenvalue weighted by atomic mass is 32.2. The molecule has 2 aliphatic rings. The number of rotatable bonds is 6. The first-order valence-corrected chi connectivity index (χ1v) is 11.7. The van der Waals surface area contributed by atoms with Crippen molar-refractivity contribution < 1.29 is 23.1 Å². The van der Waals surface area contributed by atoms with Crippen LogP contribution in [-0.4, -0.2) is 87.3 Å². The van der Waals surface area contributed by atoms with Gasteiger partial charge in [-0.1, -0.05) is 0 Å². The molecule has 0 unspecified atom stereocenters. The summed E-state index contributed by atoms with van der Waals surface area (Å²) in [6.07, 6.45) is 4.33. The fourth-order valence-corrected chi connectivity index (χ4v) is 4.37. The van der Waals surface area contributed by atoms with Gasteiger partial charge >= 0.3 is 5.97 Å². The van der Waals surface area contributed by atoms with Crippen molar-refractivity contribution in [3.05, 3.63) is 23.8 Å². The van der Waals surface area contributed by atoms with Crippen LogP contribution in [0.5, 0.6) is 0 Å². The summed E-state index contributed by atoms with van der Waals surface area (Å²) in [5, 5.41) is 9.45. The first-order chi connectivity index (χ1) is 13.7. The van der Waals surface area contributed by atoms with Crippen LogP contribution in [0.1, 0.15) is 29.6 Å². The molecular weight excluding hydrogens is 396 g/mol. The number of nitrogens with zero attached hydrogens (tertiary/aromatic N) is 3. The minimum Gasteiger partial charge on any atom is -0.478 e. The molecule has 2 saturated heterocycles. The van der Waals surface area contributed by atoms with Gasteiger partial charge in [-0.2, -0.15) is 0 Å². The molecule has 0 spiro atoms. The SMILES string of the molecule is CS(=O)(=O)Nc1ccc(N2CCN(CC(=O)N3CCCCC3)CC2)cc1C(=O)O. The Balaban J connectivity index is 1.60. The third-order valence-electron chi connectivity index (χ3n) is 5.33. The molecule has 0 aliphatic carbocycles. The van der Waals surface area contributed by atoms with Crippen LogP contribution in [0.25, 0.3) is 0 Å². The average Bonchev–Trinajstić information content (AvgIpc) is 2.68. The van der Waals surface area contributed by atoms with Crippen LogP contribution in [0, 0.1) is 0 Å². The lowest BCUT2D eigenvalue weighted by Gasteiger charge is -2.37. The number of benzene rings is 1. The predicted molar refractivity (Wildman–Crippen MR) is 111 cm³/mol. The van der Waals surface area contributed by atoms with Crippen molar-refractivity contribution in [1.29, 1.82) is 0 Å². The van der Waals surface area contributed by atoms with Crippen molar-refractivity contribution in [1.82, 2.24) is 9.80 Å². The van der Waals surface area contributed by atoms with E-state index < -0.39 is 16.0 Å². The van der Waals surface area contributed by atoms with Crippen LogP contribution in [-0.2, 0) is 14.8 Å². The first kappa shape index (κ1) is 21.4. The topological polar surface area (TPSA) is 110 Å². The molecule has 160 valence electrons. The number of sulfonamides is 1. The number of piperidine rings is 1. The smallest absolute Gasteiger partial charge is 0.337 e. The second-order valence-electron chi connectivity index (χ2n) is 7.61. The molecule has 29 heavy (non-hydrogen) atoms. The number of carboxylic acid groups (broad SMARTS) is 1. The van der Waals surface area contributed by atoms with E-state index in [1.165, 1.54) is 18.6 Å². The lowest BCUT2D eigenvalue weighted by Crippen LogP contribution is -2.50. The van der Waals surface area contributed by atoms with E-state index in [9.17, 15) is 23.1 Å². The molecule has 2 heterocycles. The number of piperazine rings is 1. The van der Waals surface area contributed by atoms with Crippen LogP contribution >= 0.6 is 0 Å². The molecule has 10 heteroatoms. The summed E-state index contributed by atoms with van der Waals surface area (Å²) >= 11 is 0. The molecule has 9 nitrogen and oxygen atoms in total. The summed E-state index contributed by atoms with van der Waals surface area (Å²) in [5.74, 6) is -1.01.